The highest BCUT2D eigenvalue weighted by atomic mass is 19.4. The molecular formula is C15H18F3NO2. The van der Waals surface area contributed by atoms with Gasteiger partial charge in [-0.2, -0.15) is 13.2 Å². The number of nitrogens with one attached hydrogen (secondary N) is 1. The van der Waals surface area contributed by atoms with Crippen LogP contribution in [0.3, 0.4) is 0 Å². The number of hydrogen-bond acceptors (Lipinski definition) is 3. The normalized spacial score (nSPS) is 18.3. The average molecular weight is 301 g/mol. The van der Waals surface area contributed by atoms with Crippen LogP contribution in [-0.4, -0.2) is 26.2 Å². The molecule has 21 heavy (non-hydrogen) atoms. The molecule has 0 saturated carbocycles. The molecule has 1 N–H and O–H groups in total. The Kier molecular flexibility index (Phi) is 4.56. The third kappa shape index (κ3) is 3.37. The molecule has 1 aliphatic rings. The molecule has 1 aliphatic heterocycles. The van der Waals surface area contributed by atoms with Crippen molar-refractivity contribution >= 4 is 5.97 Å². The Labute approximate surface area is 121 Å². The van der Waals surface area contributed by atoms with Crippen LogP contribution in [0.25, 0.3) is 0 Å². The fourth-order valence-corrected chi connectivity index (χ4v) is 2.89. The number of ether oxygens (including phenoxy) is 1. The van der Waals surface area contributed by atoms with Gasteiger partial charge in [0, 0.05) is 0 Å². The van der Waals surface area contributed by atoms with Crippen molar-refractivity contribution in [3.63, 3.8) is 0 Å². The number of rotatable bonds is 3. The van der Waals surface area contributed by atoms with E-state index >= 15 is 0 Å². The van der Waals surface area contributed by atoms with Crippen molar-refractivity contribution in [2.75, 3.05) is 20.2 Å². The molecule has 3 nitrogen and oxygen atoms in total. The fraction of sp³-hybridized carbons (Fsp3) is 0.533. The molecule has 1 aromatic rings. The number of methoxy groups -OCH3 is 1. The van der Waals surface area contributed by atoms with Crippen LogP contribution in [0.5, 0.6) is 0 Å². The topological polar surface area (TPSA) is 38.3 Å². The van der Waals surface area contributed by atoms with E-state index < -0.39 is 23.1 Å². The third-order valence-corrected chi connectivity index (χ3v) is 4.03. The Morgan fingerprint density at radius 3 is 2.48 bits per heavy atom. The molecule has 0 aliphatic carbocycles. The molecule has 0 amide bonds. The number of carbonyl (C=O) groups excluding carboxylic acids is 1. The maximum Gasteiger partial charge on any atom is 0.416 e. The Bertz CT molecular complexity index is 508. The summed E-state index contributed by atoms with van der Waals surface area (Å²) in [6, 6.07) is 5.42. The van der Waals surface area contributed by atoms with Crippen LogP contribution in [0.4, 0.5) is 13.2 Å². The van der Waals surface area contributed by atoms with Gasteiger partial charge >= 0.3 is 12.1 Å². The highest BCUT2D eigenvalue weighted by molar-refractivity contribution is 5.77. The molecule has 1 fully saturated rings. The van der Waals surface area contributed by atoms with E-state index in [0.29, 0.717) is 25.9 Å². The molecular weight excluding hydrogens is 283 g/mol. The zero-order valence-corrected chi connectivity index (χ0v) is 11.8. The predicted octanol–water partition coefficient (Wildman–Crippen LogP) is 2.79. The minimum atomic E-state index is -4.42. The van der Waals surface area contributed by atoms with E-state index in [0.717, 1.165) is 6.07 Å². The van der Waals surface area contributed by atoms with Gasteiger partial charge in [-0.25, -0.2) is 0 Å². The lowest BCUT2D eigenvalue weighted by Gasteiger charge is -2.35. The van der Waals surface area contributed by atoms with Crippen LogP contribution in [0, 0.1) is 5.41 Å². The van der Waals surface area contributed by atoms with Gasteiger partial charge in [0.15, 0.2) is 0 Å². The molecule has 2 rings (SSSR count). The number of carbonyl (C=O) groups is 1. The first-order chi connectivity index (χ1) is 9.89. The van der Waals surface area contributed by atoms with Gasteiger partial charge in [-0.3, -0.25) is 4.79 Å². The van der Waals surface area contributed by atoms with Gasteiger partial charge in [0.2, 0.25) is 0 Å². The Hall–Kier alpha value is -1.56. The average Bonchev–Trinajstić information content (AvgIpc) is 2.46. The van der Waals surface area contributed by atoms with Crippen molar-refractivity contribution in [1.82, 2.24) is 5.32 Å². The van der Waals surface area contributed by atoms with Gasteiger partial charge in [-0.05, 0) is 44.0 Å². The third-order valence-electron chi connectivity index (χ3n) is 4.03. The molecule has 1 aromatic carbocycles. The van der Waals surface area contributed by atoms with Crippen LogP contribution in [0.1, 0.15) is 24.0 Å². The quantitative estimate of drug-likeness (QED) is 0.873. The predicted molar refractivity (Wildman–Crippen MR) is 71.7 cm³/mol. The summed E-state index contributed by atoms with van der Waals surface area (Å²) in [7, 11) is 1.28. The minimum absolute atomic E-state index is 0.0526. The number of hydrogen-bond donors (Lipinski definition) is 1. The number of benzene rings is 1. The molecule has 6 heteroatoms. The van der Waals surface area contributed by atoms with E-state index in [2.05, 4.69) is 5.32 Å². The maximum absolute atomic E-state index is 13.1. The van der Waals surface area contributed by atoms with Crippen LogP contribution in [-0.2, 0) is 22.1 Å². The summed E-state index contributed by atoms with van der Waals surface area (Å²) in [6.07, 6.45) is -3.41. The van der Waals surface area contributed by atoms with E-state index in [4.69, 9.17) is 4.74 Å². The second-order valence-electron chi connectivity index (χ2n) is 5.35. The Morgan fingerprint density at radius 2 is 1.90 bits per heavy atom. The lowest BCUT2D eigenvalue weighted by Crippen LogP contribution is -2.44. The molecule has 0 spiro atoms. The number of piperidine rings is 1. The molecule has 1 heterocycles. The van der Waals surface area contributed by atoms with Crippen molar-refractivity contribution in [3.8, 4) is 0 Å². The zero-order chi connectivity index (χ0) is 15.5. The molecule has 0 atom stereocenters. The second kappa shape index (κ2) is 6.05. The molecule has 0 bridgehead atoms. The van der Waals surface area contributed by atoms with Crippen LogP contribution >= 0.6 is 0 Å². The largest absolute Gasteiger partial charge is 0.469 e. The number of alkyl halides is 3. The monoisotopic (exact) mass is 301 g/mol. The minimum Gasteiger partial charge on any atom is -0.469 e. The van der Waals surface area contributed by atoms with Crippen molar-refractivity contribution in [2.24, 2.45) is 5.41 Å². The number of halogens is 3. The van der Waals surface area contributed by atoms with Crippen LogP contribution in [0.15, 0.2) is 24.3 Å². The first-order valence-electron chi connectivity index (χ1n) is 6.83. The molecule has 0 unspecified atom stereocenters. The summed E-state index contributed by atoms with van der Waals surface area (Å²) in [5.74, 6) is -0.430. The Morgan fingerprint density at radius 1 is 1.29 bits per heavy atom. The highest BCUT2D eigenvalue weighted by Crippen LogP contribution is 2.39. The van der Waals surface area contributed by atoms with E-state index in [9.17, 15) is 18.0 Å². The van der Waals surface area contributed by atoms with E-state index in [1.165, 1.54) is 19.2 Å². The molecule has 1 saturated heterocycles. The lowest BCUT2D eigenvalue weighted by molar-refractivity contribution is -0.155. The van der Waals surface area contributed by atoms with Crippen molar-refractivity contribution < 1.29 is 22.7 Å². The summed E-state index contributed by atoms with van der Waals surface area (Å²) < 4.78 is 44.1. The van der Waals surface area contributed by atoms with E-state index in [-0.39, 0.29) is 12.0 Å². The number of esters is 1. The van der Waals surface area contributed by atoms with Crippen LogP contribution in [0.2, 0.25) is 0 Å². The summed E-state index contributed by atoms with van der Waals surface area (Å²) in [5, 5.41) is 3.12. The summed E-state index contributed by atoms with van der Waals surface area (Å²) >= 11 is 0. The molecule has 116 valence electrons. The van der Waals surface area contributed by atoms with Crippen LogP contribution < -0.4 is 5.32 Å². The summed E-state index contributed by atoms with van der Waals surface area (Å²) in [5.41, 5.74) is -1.40. The standard InChI is InChI=1S/C15H18F3NO2/c1-21-13(20)14(6-8-19-9-7-14)10-11-4-2-3-5-12(11)15(16,17)18/h2-5,19H,6-10H2,1H3. The second-order valence-corrected chi connectivity index (χ2v) is 5.35. The van der Waals surface area contributed by atoms with Crippen molar-refractivity contribution in [2.45, 2.75) is 25.4 Å². The van der Waals surface area contributed by atoms with E-state index in [1.54, 1.807) is 6.07 Å². The summed E-state index contributed by atoms with van der Waals surface area (Å²) in [6.45, 7) is 1.20. The van der Waals surface area contributed by atoms with Gasteiger partial charge in [-0.15, -0.1) is 0 Å². The van der Waals surface area contributed by atoms with Crippen molar-refractivity contribution in [3.05, 3.63) is 35.4 Å². The van der Waals surface area contributed by atoms with E-state index in [1.807, 2.05) is 0 Å². The van der Waals surface area contributed by atoms with Crippen molar-refractivity contribution in [1.29, 1.82) is 0 Å². The first-order valence-corrected chi connectivity index (χ1v) is 6.83. The zero-order valence-electron chi connectivity index (χ0n) is 11.8. The highest BCUT2D eigenvalue weighted by Gasteiger charge is 2.43. The van der Waals surface area contributed by atoms with Gasteiger partial charge in [-0.1, -0.05) is 18.2 Å². The fourth-order valence-electron chi connectivity index (χ4n) is 2.89. The summed E-state index contributed by atoms with van der Waals surface area (Å²) in [4.78, 5) is 12.1. The maximum atomic E-state index is 13.1. The first kappa shape index (κ1) is 15.8. The molecule has 0 radical (unpaired) electrons. The van der Waals surface area contributed by atoms with Gasteiger partial charge in [0.05, 0.1) is 18.1 Å². The van der Waals surface area contributed by atoms with Gasteiger partial charge < -0.3 is 10.1 Å². The SMILES string of the molecule is COC(=O)C1(Cc2ccccc2C(F)(F)F)CCNCC1. The van der Waals surface area contributed by atoms with Gasteiger partial charge in [0.25, 0.3) is 0 Å². The Balaban J connectivity index is 2.36. The molecule has 0 aromatic heterocycles. The van der Waals surface area contributed by atoms with Gasteiger partial charge in [0.1, 0.15) is 0 Å². The lowest BCUT2D eigenvalue weighted by atomic mass is 9.73. The smallest absolute Gasteiger partial charge is 0.416 e.